The van der Waals surface area contributed by atoms with Gasteiger partial charge in [0.25, 0.3) is 0 Å². The van der Waals surface area contributed by atoms with E-state index < -0.39 is 0 Å². The fraction of sp³-hybridized carbons (Fsp3) is 0.571. The van der Waals surface area contributed by atoms with Crippen LogP contribution in [0.1, 0.15) is 23.1 Å². The van der Waals surface area contributed by atoms with Gasteiger partial charge in [-0.25, -0.2) is 0 Å². The summed E-state index contributed by atoms with van der Waals surface area (Å²) in [5, 5.41) is 12.1. The van der Waals surface area contributed by atoms with Crippen LogP contribution in [0.3, 0.4) is 0 Å². The summed E-state index contributed by atoms with van der Waals surface area (Å²) in [6.07, 6.45) is 0.904. The molecule has 1 aromatic carbocycles. The van der Waals surface area contributed by atoms with E-state index >= 15 is 0 Å². The van der Waals surface area contributed by atoms with Crippen molar-refractivity contribution in [3.8, 4) is 0 Å². The monoisotopic (exact) mass is 253 g/mol. The van der Waals surface area contributed by atoms with Crippen molar-refractivity contribution in [3.63, 3.8) is 0 Å². The summed E-state index contributed by atoms with van der Waals surface area (Å²) in [6.45, 7) is 6.58. The molecule has 0 saturated heterocycles. The zero-order valence-electron chi connectivity index (χ0n) is 10.8. The second kappa shape index (κ2) is 8.56. The first-order valence-corrected chi connectivity index (χ1v) is 7.35. The minimum Gasteiger partial charge on any atom is -0.396 e. The van der Waals surface area contributed by atoms with E-state index in [0.29, 0.717) is 6.61 Å². The van der Waals surface area contributed by atoms with Crippen LogP contribution in [0.2, 0.25) is 0 Å². The van der Waals surface area contributed by atoms with E-state index in [-0.39, 0.29) is 0 Å². The minimum atomic E-state index is 0.308. The van der Waals surface area contributed by atoms with Crippen molar-refractivity contribution in [3.05, 3.63) is 34.9 Å². The van der Waals surface area contributed by atoms with Gasteiger partial charge in [0.2, 0.25) is 0 Å². The number of rotatable bonds is 8. The van der Waals surface area contributed by atoms with Gasteiger partial charge in [0.05, 0.1) is 0 Å². The molecule has 0 unspecified atom stereocenters. The van der Waals surface area contributed by atoms with E-state index in [2.05, 4.69) is 37.4 Å². The molecular formula is C14H23NOS. The van der Waals surface area contributed by atoms with Crippen LogP contribution in [0.15, 0.2) is 18.2 Å². The van der Waals surface area contributed by atoms with Crippen molar-refractivity contribution >= 4 is 11.8 Å². The van der Waals surface area contributed by atoms with E-state index in [1.54, 1.807) is 0 Å². The summed E-state index contributed by atoms with van der Waals surface area (Å²) in [4.78, 5) is 0. The zero-order chi connectivity index (χ0) is 12.5. The van der Waals surface area contributed by atoms with E-state index in [0.717, 1.165) is 31.0 Å². The van der Waals surface area contributed by atoms with Crippen molar-refractivity contribution in [2.24, 2.45) is 0 Å². The van der Waals surface area contributed by atoms with Crippen molar-refractivity contribution in [2.75, 3.05) is 24.7 Å². The summed E-state index contributed by atoms with van der Waals surface area (Å²) in [5.74, 6) is 2.17. The average molecular weight is 253 g/mol. The average Bonchev–Trinajstić information content (AvgIpc) is 2.32. The van der Waals surface area contributed by atoms with Gasteiger partial charge in [0, 0.05) is 25.4 Å². The summed E-state index contributed by atoms with van der Waals surface area (Å²) < 4.78 is 0. The molecule has 0 aliphatic carbocycles. The summed E-state index contributed by atoms with van der Waals surface area (Å²) >= 11 is 1.90. The molecule has 0 bridgehead atoms. The summed E-state index contributed by atoms with van der Waals surface area (Å²) in [6, 6.07) is 6.59. The lowest BCUT2D eigenvalue weighted by Gasteiger charge is -2.08. The lowest BCUT2D eigenvalue weighted by atomic mass is 10.1. The first kappa shape index (κ1) is 14.6. The minimum absolute atomic E-state index is 0.308. The topological polar surface area (TPSA) is 32.3 Å². The third kappa shape index (κ3) is 6.10. The maximum Gasteiger partial charge on any atom is 0.0438 e. The van der Waals surface area contributed by atoms with Crippen LogP contribution in [-0.2, 0) is 6.54 Å². The van der Waals surface area contributed by atoms with Gasteiger partial charge in [0.15, 0.2) is 0 Å². The van der Waals surface area contributed by atoms with Crippen LogP contribution in [-0.4, -0.2) is 29.8 Å². The number of benzene rings is 1. The highest BCUT2D eigenvalue weighted by Crippen LogP contribution is 2.10. The Kier molecular flexibility index (Phi) is 7.33. The molecule has 2 nitrogen and oxygen atoms in total. The van der Waals surface area contributed by atoms with E-state index in [1.165, 1.54) is 16.7 Å². The largest absolute Gasteiger partial charge is 0.396 e. The van der Waals surface area contributed by atoms with E-state index in [4.69, 9.17) is 5.11 Å². The molecule has 0 amide bonds. The molecule has 96 valence electrons. The van der Waals surface area contributed by atoms with Crippen molar-refractivity contribution in [1.82, 2.24) is 5.32 Å². The maximum absolute atomic E-state index is 8.65. The molecular weight excluding hydrogens is 230 g/mol. The normalized spacial score (nSPS) is 10.8. The second-order valence-corrected chi connectivity index (χ2v) is 5.52. The Morgan fingerprint density at radius 1 is 1.24 bits per heavy atom. The highest BCUT2D eigenvalue weighted by Gasteiger charge is 1.98. The first-order valence-electron chi connectivity index (χ1n) is 6.19. The highest BCUT2D eigenvalue weighted by molar-refractivity contribution is 7.99. The van der Waals surface area contributed by atoms with Gasteiger partial charge >= 0.3 is 0 Å². The Hall–Kier alpha value is -0.510. The Morgan fingerprint density at radius 3 is 2.82 bits per heavy atom. The van der Waals surface area contributed by atoms with Gasteiger partial charge in [-0.05, 0) is 37.1 Å². The van der Waals surface area contributed by atoms with E-state index in [9.17, 15) is 0 Å². The zero-order valence-corrected chi connectivity index (χ0v) is 11.6. The number of hydrogen-bond acceptors (Lipinski definition) is 3. The third-order valence-electron chi connectivity index (χ3n) is 2.69. The number of nitrogens with one attached hydrogen (secondary N) is 1. The van der Waals surface area contributed by atoms with Gasteiger partial charge in [0.1, 0.15) is 0 Å². The Bertz CT molecular complexity index is 328. The number of aliphatic hydroxyl groups is 1. The molecule has 0 saturated carbocycles. The van der Waals surface area contributed by atoms with Crippen LogP contribution >= 0.6 is 11.8 Å². The number of aryl methyl sites for hydroxylation is 2. The van der Waals surface area contributed by atoms with Crippen molar-refractivity contribution in [2.45, 2.75) is 26.8 Å². The summed E-state index contributed by atoms with van der Waals surface area (Å²) in [7, 11) is 0. The van der Waals surface area contributed by atoms with Gasteiger partial charge in [-0.3, -0.25) is 0 Å². The Balaban J connectivity index is 2.15. The lowest BCUT2D eigenvalue weighted by Crippen LogP contribution is -2.17. The smallest absolute Gasteiger partial charge is 0.0438 e. The summed E-state index contributed by atoms with van der Waals surface area (Å²) in [5.41, 5.74) is 4.08. The van der Waals surface area contributed by atoms with Crippen LogP contribution < -0.4 is 5.32 Å². The molecule has 17 heavy (non-hydrogen) atoms. The molecule has 1 aromatic rings. The van der Waals surface area contributed by atoms with Crippen LogP contribution in [0.5, 0.6) is 0 Å². The van der Waals surface area contributed by atoms with Gasteiger partial charge in [-0.1, -0.05) is 23.8 Å². The Labute approximate surface area is 109 Å². The maximum atomic E-state index is 8.65. The molecule has 0 aliphatic rings. The SMILES string of the molecule is Cc1ccc(C)c(CNCCSCCCO)c1. The molecule has 0 aromatic heterocycles. The predicted molar refractivity (Wildman–Crippen MR) is 76.7 cm³/mol. The fourth-order valence-corrected chi connectivity index (χ4v) is 2.45. The van der Waals surface area contributed by atoms with Gasteiger partial charge in [-0.2, -0.15) is 11.8 Å². The van der Waals surface area contributed by atoms with Crippen molar-refractivity contribution < 1.29 is 5.11 Å². The standard InChI is InChI=1S/C14H23NOS/c1-12-4-5-13(2)14(10-12)11-15-6-9-17-8-3-7-16/h4-5,10,15-16H,3,6-9,11H2,1-2H3. The molecule has 0 aliphatic heterocycles. The molecule has 3 heteroatoms. The molecule has 0 spiro atoms. The third-order valence-corrected chi connectivity index (χ3v) is 3.76. The van der Waals surface area contributed by atoms with Crippen LogP contribution in [0.25, 0.3) is 0 Å². The highest BCUT2D eigenvalue weighted by atomic mass is 32.2. The van der Waals surface area contributed by atoms with Gasteiger partial charge < -0.3 is 10.4 Å². The lowest BCUT2D eigenvalue weighted by molar-refractivity contribution is 0.296. The quantitative estimate of drug-likeness (QED) is 0.698. The fourth-order valence-electron chi connectivity index (χ4n) is 1.63. The second-order valence-electron chi connectivity index (χ2n) is 4.30. The predicted octanol–water partition coefficient (Wildman–Crippen LogP) is 2.51. The van der Waals surface area contributed by atoms with Crippen LogP contribution in [0, 0.1) is 13.8 Å². The molecule has 0 heterocycles. The van der Waals surface area contributed by atoms with Crippen LogP contribution in [0.4, 0.5) is 0 Å². The number of thioether (sulfide) groups is 1. The van der Waals surface area contributed by atoms with E-state index in [1.807, 2.05) is 11.8 Å². The number of aliphatic hydroxyl groups excluding tert-OH is 1. The first-order chi connectivity index (χ1) is 8.24. The molecule has 0 radical (unpaired) electrons. The molecule has 1 rings (SSSR count). The molecule has 0 fully saturated rings. The Morgan fingerprint density at radius 2 is 2.06 bits per heavy atom. The molecule has 2 N–H and O–H groups in total. The molecule has 0 atom stereocenters. The van der Waals surface area contributed by atoms with Gasteiger partial charge in [-0.15, -0.1) is 0 Å². The van der Waals surface area contributed by atoms with Crippen molar-refractivity contribution in [1.29, 1.82) is 0 Å². The number of hydrogen-bond donors (Lipinski definition) is 2.